The van der Waals surface area contributed by atoms with Crippen LogP contribution in [0.15, 0.2) is 45.7 Å². The van der Waals surface area contributed by atoms with Crippen molar-refractivity contribution in [2.75, 3.05) is 13.6 Å². The number of hydrogen-bond acceptors (Lipinski definition) is 5. The Kier molecular flexibility index (Phi) is 6.73. The zero-order valence-electron chi connectivity index (χ0n) is 15.1. The van der Waals surface area contributed by atoms with Crippen LogP contribution in [0.4, 0.5) is 13.2 Å². The van der Waals surface area contributed by atoms with Crippen LogP contribution >= 0.6 is 0 Å². The van der Waals surface area contributed by atoms with Gasteiger partial charge in [-0.3, -0.25) is 4.79 Å². The standard InChI is InChI=1S/C17H19F3N2O5S/c1-12-3-4-14(26-12)11-22(2)16(23)9-10-21-28(24,25)15-7-5-13(6-8-15)27-17(18,19)20/h3-8,21H,9-11H2,1-2H3. The predicted molar refractivity (Wildman–Crippen MR) is 92.8 cm³/mol. The molecule has 0 unspecified atom stereocenters. The Labute approximate surface area is 160 Å². The zero-order chi connectivity index (χ0) is 20.9. The van der Waals surface area contributed by atoms with E-state index in [9.17, 15) is 26.4 Å². The number of sulfonamides is 1. The second kappa shape index (κ2) is 8.65. The summed E-state index contributed by atoms with van der Waals surface area (Å²) in [5, 5.41) is 0. The highest BCUT2D eigenvalue weighted by molar-refractivity contribution is 7.89. The van der Waals surface area contributed by atoms with Crippen LogP contribution in [0.5, 0.6) is 5.75 Å². The highest BCUT2D eigenvalue weighted by Crippen LogP contribution is 2.23. The lowest BCUT2D eigenvalue weighted by molar-refractivity contribution is -0.274. The van der Waals surface area contributed by atoms with Gasteiger partial charge in [-0.1, -0.05) is 0 Å². The van der Waals surface area contributed by atoms with E-state index in [0.717, 1.165) is 30.0 Å². The third-order valence-corrected chi connectivity index (χ3v) is 5.09. The number of hydrogen-bond donors (Lipinski definition) is 1. The number of rotatable bonds is 8. The van der Waals surface area contributed by atoms with Gasteiger partial charge < -0.3 is 14.1 Å². The summed E-state index contributed by atoms with van der Waals surface area (Å²) in [5.41, 5.74) is 0. The third kappa shape index (κ3) is 6.57. The third-order valence-electron chi connectivity index (χ3n) is 3.61. The number of aryl methyl sites for hydroxylation is 1. The number of ether oxygens (including phenoxy) is 1. The van der Waals surface area contributed by atoms with Gasteiger partial charge in [0.1, 0.15) is 17.3 Å². The van der Waals surface area contributed by atoms with Crippen LogP contribution in [0, 0.1) is 6.92 Å². The van der Waals surface area contributed by atoms with E-state index in [1.54, 1.807) is 26.1 Å². The molecule has 2 rings (SSSR count). The van der Waals surface area contributed by atoms with E-state index in [0.29, 0.717) is 5.76 Å². The number of amides is 1. The summed E-state index contributed by atoms with van der Waals surface area (Å²) in [4.78, 5) is 13.2. The van der Waals surface area contributed by atoms with Crippen LogP contribution in [-0.4, -0.2) is 39.2 Å². The fraction of sp³-hybridized carbons (Fsp3) is 0.353. The van der Waals surface area contributed by atoms with Crippen molar-refractivity contribution in [1.82, 2.24) is 9.62 Å². The topological polar surface area (TPSA) is 88.9 Å². The van der Waals surface area contributed by atoms with Crippen LogP contribution in [0.2, 0.25) is 0 Å². The number of benzene rings is 1. The maximum Gasteiger partial charge on any atom is 0.573 e. The van der Waals surface area contributed by atoms with E-state index in [2.05, 4.69) is 9.46 Å². The van der Waals surface area contributed by atoms with Crippen molar-refractivity contribution in [1.29, 1.82) is 0 Å². The van der Waals surface area contributed by atoms with Gasteiger partial charge in [-0.05, 0) is 43.3 Å². The first-order chi connectivity index (χ1) is 13.0. The summed E-state index contributed by atoms with van der Waals surface area (Å²) in [6, 6.07) is 7.27. The first-order valence-corrected chi connectivity index (χ1v) is 9.59. The lowest BCUT2D eigenvalue weighted by Gasteiger charge is -2.16. The highest BCUT2D eigenvalue weighted by Gasteiger charge is 2.31. The molecule has 1 aromatic heterocycles. The predicted octanol–water partition coefficient (Wildman–Crippen LogP) is 2.81. The van der Waals surface area contributed by atoms with Gasteiger partial charge in [0.15, 0.2) is 0 Å². The molecule has 0 saturated carbocycles. The molecule has 0 radical (unpaired) electrons. The molecule has 1 aromatic carbocycles. The number of furan rings is 1. The number of carbonyl (C=O) groups is 1. The van der Waals surface area contributed by atoms with Gasteiger partial charge in [-0.25, -0.2) is 13.1 Å². The van der Waals surface area contributed by atoms with Crippen molar-refractivity contribution in [2.45, 2.75) is 31.1 Å². The molecule has 1 heterocycles. The quantitative estimate of drug-likeness (QED) is 0.710. The Balaban J connectivity index is 1.86. The Bertz CT molecular complexity index is 908. The number of nitrogens with zero attached hydrogens (tertiary/aromatic N) is 1. The van der Waals surface area contributed by atoms with E-state index >= 15 is 0 Å². The monoisotopic (exact) mass is 420 g/mol. The van der Waals surface area contributed by atoms with Crippen molar-refractivity contribution in [3.05, 3.63) is 47.9 Å². The van der Waals surface area contributed by atoms with Gasteiger partial charge in [0.05, 0.1) is 11.4 Å². The molecule has 28 heavy (non-hydrogen) atoms. The Morgan fingerprint density at radius 1 is 1.18 bits per heavy atom. The summed E-state index contributed by atoms with van der Waals surface area (Å²) in [5.74, 6) is 0.493. The second-order valence-electron chi connectivity index (χ2n) is 5.93. The minimum absolute atomic E-state index is 0.0926. The SMILES string of the molecule is Cc1ccc(CN(C)C(=O)CCNS(=O)(=O)c2ccc(OC(F)(F)F)cc2)o1. The summed E-state index contributed by atoms with van der Waals surface area (Å²) in [6.07, 6.45) is -4.95. The molecule has 0 fully saturated rings. The molecule has 7 nitrogen and oxygen atoms in total. The van der Waals surface area contributed by atoms with Crippen molar-refractivity contribution in [3.8, 4) is 5.75 Å². The maximum atomic E-state index is 12.2. The fourth-order valence-corrected chi connectivity index (χ4v) is 3.31. The van der Waals surface area contributed by atoms with E-state index in [1.165, 1.54) is 4.90 Å². The largest absolute Gasteiger partial charge is 0.573 e. The van der Waals surface area contributed by atoms with Gasteiger partial charge in [0.25, 0.3) is 0 Å². The molecule has 0 spiro atoms. The summed E-state index contributed by atoms with van der Waals surface area (Å²) in [6.45, 7) is 1.87. The van der Waals surface area contributed by atoms with E-state index < -0.39 is 22.1 Å². The molecule has 0 aliphatic rings. The summed E-state index contributed by atoms with van der Waals surface area (Å²) >= 11 is 0. The molecular weight excluding hydrogens is 401 g/mol. The van der Waals surface area contributed by atoms with Gasteiger partial charge in [-0.2, -0.15) is 0 Å². The normalized spacial score (nSPS) is 12.0. The first kappa shape index (κ1) is 21.8. The number of carbonyl (C=O) groups excluding carboxylic acids is 1. The van der Waals surface area contributed by atoms with E-state index in [-0.39, 0.29) is 30.3 Å². The minimum Gasteiger partial charge on any atom is -0.464 e. The van der Waals surface area contributed by atoms with Crippen molar-refractivity contribution < 1.29 is 35.5 Å². The lowest BCUT2D eigenvalue weighted by atomic mass is 10.3. The summed E-state index contributed by atoms with van der Waals surface area (Å²) in [7, 11) is -2.41. The number of nitrogens with one attached hydrogen (secondary N) is 1. The minimum atomic E-state index is -4.86. The Morgan fingerprint density at radius 3 is 2.36 bits per heavy atom. The molecule has 154 valence electrons. The molecule has 1 N–H and O–H groups in total. The molecule has 1 amide bonds. The molecule has 0 aliphatic heterocycles. The Morgan fingerprint density at radius 2 is 1.82 bits per heavy atom. The molecule has 2 aromatic rings. The highest BCUT2D eigenvalue weighted by atomic mass is 32.2. The molecule has 11 heteroatoms. The van der Waals surface area contributed by atoms with Crippen molar-refractivity contribution in [2.24, 2.45) is 0 Å². The average Bonchev–Trinajstić information content (AvgIpc) is 2.98. The van der Waals surface area contributed by atoms with Gasteiger partial charge >= 0.3 is 6.36 Å². The zero-order valence-corrected chi connectivity index (χ0v) is 15.9. The fourth-order valence-electron chi connectivity index (χ4n) is 2.28. The van der Waals surface area contributed by atoms with Crippen molar-refractivity contribution >= 4 is 15.9 Å². The van der Waals surface area contributed by atoms with Crippen LogP contribution in [-0.2, 0) is 21.4 Å². The summed E-state index contributed by atoms with van der Waals surface area (Å²) < 4.78 is 72.0. The molecule has 0 bridgehead atoms. The first-order valence-electron chi connectivity index (χ1n) is 8.11. The Hall–Kier alpha value is -2.53. The number of halogens is 3. The van der Waals surface area contributed by atoms with E-state index in [4.69, 9.17) is 4.42 Å². The molecule has 0 aliphatic carbocycles. The second-order valence-corrected chi connectivity index (χ2v) is 7.70. The maximum absolute atomic E-state index is 12.2. The molecular formula is C17H19F3N2O5S. The molecule has 0 saturated heterocycles. The van der Waals surface area contributed by atoms with Gasteiger partial charge in [0, 0.05) is 20.0 Å². The van der Waals surface area contributed by atoms with Gasteiger partial charge in [-0.15, -0.1) is 13.2 Å². The average molecular weight is 420 g/mol. The lowest BCUT2D eigenvalue weighted by Crippen LogP contribution is -2.31. The van der Waals surface area contributed by atoms with Crippen molar-refractivity contribution in [3.63, 3.8) is 0 Å². The van der Waals surface area contributed by atoms with E-state index in [1.807, 2.05) is 0 Å². The smallest absolute Gasteiger partial charge is 0.464 e. The number of alkyl halides is 3. The van der Waals surface area contributed by atoms with Crippen LogP contribution < -0.4 is 9.46 Å². The molecule has 0 atom stereocenters. The van der Waals surface area contributed by atoms with Gasteiger partial charge in [0.2, 0.25) is 15.9 Å². The van der Waals surface area contributed by atoms with Crippen LogP contribution in [0.1, 0.15) is 17.9 Å². The van der Waals surface area contributed by atoms with Crippen LogP contribution in [0.3, 0.4) is 0 Å². The van der Waals surface area contributed by atoms with Crippen LogP contribution in [0.25, 0.3) is 0 Å².